The fourth-order valence-corrected chi connectivity index (χ4v) is 2.51. The molecule has 90 valence electrons. The van der Waals surface area contributed by atoms with Crippen LogP contribution in [0.1, 0.15) is 30.9 Å². The normalized spacial score (nSPS) is 10.8. The lowest BCUT2D eigenvalue weighted by atomic mass is 10.0. The van der Waals surface area contributed by atoms with Gasteiger partial charge in [0.05, 0.1) is 6.61 Å². The average Bonchev–Trinajstić information content (AvgIpc) is 2.82. The van der Waals surface area contributed by atoms with E-state index in [9.17, 15) is 0 Å². The first kappa shape index (κ1) is 12.2. The SMILES string of the molecule is CC(C)c1ccccc1OCCc1ccsc1. The van der Waals surface area contributed by atoms with E-state index in [2.05, 4.69) is 48.9 Å². The van der Waals surface area contributed by atoms with Crippen molar-refractivity contribution in [2.75, 3.05) is 6.61 Å². The third-order valence-corrected chi connectivity index (χ3v) is 3.50. The first-order chi connectivity index (χ1) is 8.27. The molecule has 2 aromatic rings. The maximum absolute atomic E-state index is 5.88. The van der Waals surface area contributed by atoms with Gasteiger partial charge in [-0.25, -0.2) is 0 Å². The zero-order valence-corrected chi connectivity index (χ0v) is 11.2. The lowest BCUT2D eigenvalue weighted by molar-refractivity contribution is 0.317. The Labute approximate surface area is 107 Å². The third-order valence-electron chi connectivity index (χ3n) is 2.77. The van der Waals surface area contributed by atoms with Crippen LogP contribution in [0.25, 0.3) is 0 Å². The molecule has 0 aliphatic heterocycles. The van der Waals surface area contributed by atoms with Crippen molar-refractivity contribution < 1.29 is 4.74 Å². The van der Waals surface area contributed by atoms with Crippen LogP contribution in [-0.2, 0) is 6.42 Å². The zero-order chi connectivity index (χ0) is 12.1. The maximum Gasteiger partial charge on any atom is 0.122 e. The molecule has 0 unspecified atom stereocenters. The van der Waals surface area contributed by atoms with Gasteiger partial charge in [0.15, 0.2) is 0 Å². The van der Waals surface area contributed by atoms with Gasteiger partial charge in [0, 0.05) is 6.42 Å². The van der Waals surface area contributed by atoms with Gasteiger partial charge in [-0.3, -0.25) is 0 Å². The second kappa shape index (κ2) is 5.87. The quantitative estimate of drug-likeness (QED) is 0.755. The number of ether oxygens (including phenoxy) is 1. The molecule has 0 N–H and O–H groups in total. The van der Waals surface area contributed by atoms with Crippen LogP contribution in [0, 0.1) is 0 Å². The van der Waals surface area contributed by atoms with Crippen LogP contribution >= 0.6 is 11.3 Å². The van der Waals surface area contributed by atoms with Crippen molar-refractivity contribution in [1.29, 1.82) is 0 Å². The van der Waals surface area contributed by atoms with Gasteiger partial charge in [0.1, 0.15) is 5.75 Å². The summed E-state index contributed by atoms with van der Waals surface area (Å²) in [6.07, 6.45) is 0.982. The van der Waals surface area contributed by atoms with Crippen molar-refractivity contribution in [2.45, 2.75) is 26.2 Å². The molecule has 1 nitrogen and oxygen atoms in total. The summed E-state index contributed by atoms with van der Waals surface area (Å²) in [5.41, 5.74) is 2.65. The lowest BCUT2D eigenvalue weighted by Gasteiger charge is -2.13. The average molecular weight is 246 g/mol. The van der Waals surface area contributed by atoms with Gasteiger partial charge in [-0.15, -0.1) is 0 Å². The Morgan fingerprint density at radius 2 is 2.00 bits per heavy atom. The monoisotopic (exact) mass is 246 g/mol. The van der Waals surface area contributed by atoms with E-state index in [0.29, 0.717) is 5.92 Å². The van der Waals surface area contributed by atoms with E-state index in [1.165, 1.54) is 11.1 Å². The smallest absolute Gasteiger partial charge is 0.122 e. The Kier molecular flexibility index (Phi) is 4.21. The highest BCUT2D eigenvalue weighted by Crippen LogP contribution is 2.25. The molecule has 0 bridgehead atoms. The molecule has 0 fully saturated rings. The molecule has 1 heterocycles. The highest BCUT2D eigenvalue weighted by atomic mass is 32.1. The van der Waals surface area contributed by atoms with E-state index in [0.717, 1.165) is 18.8 Å². The first-order valence-corrected chi connectivity index (χ1v) is 6.94. The summed E-state index contributed by atoms with van der Waals surface area (Å²) < 4.78 is 5.88. The van der Waals surface area contributed by atoms with E-state index in [1.54, 1.807) is 11.3 Å². The minimum absolute atomic E-state index is 0.507. The summed E-state index contributed by atoms with van der Waals surface area (Å²) in [6, 6.07) is 10.5. The van der Waals surface area contributed by atoms with Gasteiger partial charge < -0.3 is 4.74 Å². The summed E-state index contributed by atoms with van der Waals surface area (Å²) in [6.45, 7) is 5.14. The number of thiophene rings is 1. The molecule has 0 amide bonds. The van der Waals surface area contributed by atoms with Crippen LogP contribution in [0.15, 0.2) is 41.1 Å². The standard InChI is InChI=1S/C15H18OS/c1-12(2)14-5-3-4-6-15(14)16-9-7-13-8-10-17-11-13/h3-6,8,10-12H,7,9H2,1-2H3. The van der Waals surface area contributed by atoms with E-state index >= 15 is 0 Å². The number of rotatable bonds is 5. The predicted octanol–water partition coefficient (Wildman–Crippen LogP) is 4.49. The van der Waals surface area contributed by atoms with Crippen LogP contribution < -0.4 is 4.74 Å². The van der Waals surface area contributed by atoms with E-state index in [-0.39, 0.29) is 0 Å². The number of hydrogen-bond donors (Lipinski definition) is 0. The molecule has 0 radical (unpaired) electrons. The van der Waals surface area contributed by atoms with Gasteiger partial charge in [0.25, 0.3) is 0 Å². The van der Waals surface area contributed by atoms with E-state index in [4.69, 9.17) is 4.74 Å². The van der Waals surface area contributed by atoms with Crippen molar-refractivity contribution in [3.05, 3.63) is 52.2 Å². The van der Waals surface area contributed by atoms with Gasteiger partial charge in [-0.2, -0.15) is 11.3 Å². The van der Waals surface area contributed by atoms with Gasteiger partial charge >= 0.3 is 0 Å². The van der Waals surface area contributed by atoms with Crippen LogP contribution in [-0.4, -0.2) is 6.61 Å². The fraction of sp³-hybridized carbons (Fsp3) is 0.333. The highest BCUT2D eigenvalue weighted by Gasteiger charge is 2.06. The summed E-state index contributed by atoms with van der Waals surface area (Å²) in [5, 5.41) is 4.29. The van der Waals surface area contributed by atoms with Gasteiger partial charge in [0.2, 0.25) is 0 Å². The second-order valence-corrected chi connectivity index (χ2v) is 5.20. The Morgan fingerprint density at radius 1 is 1.18 bits per heavy atom. The molecule has 0 saturated carbocycles. The van der Waals surface area contributed by atoms with Crippen LogP contribution in [0.3, 0.4) is 0 Å². The van der Waals surface area contributed by atoms with Crippen LogP contribution in [0.4, 0.5) is 0 Å². The van der Waals surface area contributed by atoms with E-state index < -0.39 is 0 Å². The summed E-state index contributed by atoms with van der Waals surface area (Å²) in [5.74, 6) is 1.53. The van der Waals surface area contributed by atoms with Crippen LogP contribution in [0.2, 0.25) is 0 Å². The Bertz CT molecular complexity index is 446. The molecule has 0 spiro atoms. The Morgan fingerprint density at radius 3 is 2.71 bits per heavy atom. The minimum atomic E-state index is 0.507. The molecule has 0 aliphatic rings. The van der Waals surface area contributed by atoms with Crippen molar-refractivity contribution in [2.24, 2.45) is 0 Å². The molecule has 0 aliphatic carbocycles. The summed E-state index contributed by atoms with van der Waals surface area (Å²) >= 11 is 1.74. The third kappa shape index (κ3) is 3.34. The van der Waals surface area contributed by atoms with Crippen molar-refractivity contribution in [3.63, 3.8) is 0 Å². The molecule has 17 heavy (non-hydrogen) atoms. The van der Waals surface area contributed by atoms with Gasteiger partial charge in [-0.05, 0) is 39.9 Å². The van der Waals surface area contributed by atoms with E-state index in [1.807, 2.05) is 6.07 Å². The minimum Gasteiger partial charge on any atom is -0.493 e. The number of benzene rings is 1. The number of para-hydroxylation sites is 1. The van der Waals surface area contributed by atoms with Crippen molar-refractivity contribution in [3.8, 4) is 5.75 Å². The van der Waals surface area contributed by atoms with Crippen molar-refractivity contribution in [1.82, 2.24) is 0 Å². The first-order valence-electron chi connectivity index (χ1n) is 6.00. The summed E-state index contributed by atoms with van der Waals surface area (Å²) in [4.78, 5) is 0. The van der Waals surface area contributed by atoms with Gasteiger partial charge in [-0.1, -0.05) is 32.0 Å². The Balaban J connectivity index is 1.94. The maximum atomic E-state index is 5.88. The molecule has 2 heteroatoms. The molecule has 2 rings (SSSR count). The predicted molar refractivity (Wildman–Crippen MR) is 74.0 cm³/mol. The Hall–Kier alpha value is -1.28. The summed E-state index contributed by atoms with van der Waals surface area (Å²) in [7, 11) is 0. The lowest BCUT2D eigenvalue weighted by Crippen LogP contribution is -2.03. The van der Waals surface area contributed by atoms with Crippen molar-refractivity contribution >= 4 is 11.3 Å². The van der Waals surface area contributed by atoms with Crippen LogP contribution in [0.5, 0.6) is 5.75 Å². The molecule has 1 aromatic heterocycles. The molecular weight excluding hydrogens is 228 g/mol. The topological polar surface area (TPSA) is 9.23 Å². The molecule has 0 atom stereocenters. The molecule has 1 aromatic carbocycles. The number of hydrogen-bond acceptors (Lipinski definition) is 2. The molecular formula is C15H18OS. The second-order valence-electron chi connectivity index (χ2n) is 4.42. The highest BCUT2D eigenvalue weighted by molar-refractivity contribution is 7.07. The largest absolute Gasteiger partial charge is 0.493 e. The fourth-order valence-electron chi connectivity index (χ4n) is 1.80. The zero-order valence-electron chi connectivity index (χ0n) is 10.3. The molecule has 0 saturated heterocycles.